The van der Waals surface area contributed by atoms with E-state index in [-0.39, 0.29) is 0 Å². The average Bonchev–Trinajstić information content (AvgIpc) is 3.14. The van der Waals surface area contributed by atoms with Gasteiger partial charge in [0.2, 0.25) is 0 Å². The van der Waals surface area contributed by atoms with Crippen LogP contribution >= 0.6 is 0 Å². The van der Waals surface area contributed by atoms with Crippen LogP contribution in [0.3, 0.4) is 0 Å². The number of hydrogen-bond acceptors (Lipinski definition) is 3. The maximum atomic E-state index is 5.96. The summed E-state index contributed by atoms with van der Waals surface area (Å²) in [6.07, 6.45) is 0.962. The molecule has 0 aliphatic rings. The Bertz CT molecular complexity index is 1050. The number of benzene rings is 3. The number of para-hydroxylation sites is 2. The smallest absolute Gasteiger partial charge is 0.168 e. The molecule has 1 aromatic heterocycles. The average molecular weight is 369 g/mol. The van der Waals surface area contributed by atoms with E-state index < -0.39 is 0 Å². The topological polar surface area (TPSA) is 39.9 Å². The van der Waals surface area contributed by atoms with Crippen LogP contribution in [0, 0.1) is 6.92 Å². The van der Waals surface area contributed by atoms with Gasteiger partial charge in [-0.1, -0.05) is 73.7 Å². The van der Waals surface area contributed by atoms with Crippen molar-refractivity contribution in [3.05, 3.63) is 84.7 Å². The van der Waals surface area contributed by atoms with Gasteiger partial charge < -0.3 is 4.74 Å². The summed E-state index contributed by atoms with van der Waals surface area (Å²) >= 11 is 0. The molecule has 0 aliphatic carbocycles. The molecule has 4 rings (SSSR count). The Balaban J connectivity index is 1.74. The van der Waals surface area contributed by atoms with Gasteiger partial charge in [-0.15, -0.1) is 10.2 Å². The van der Waals surface area contributed by atoms with Crippen molar-refractivity contribution < 1.29 is 4.74 Å². The second kappa shape index (κ2) is 8.09. The first-order valence-electron chi connectivity index (χ1n) is 9.58. The Morgan fingerprint density at radius 3 is 2.14 bits per heavy atom. The Morgan fingerprint density at radius 1 is 0.750 bits per heavy atom. The van der Waals surface area contributed by atoms with Crippen molar-refractivity contribution in [2.75, 3.05) is 6.61 Å². The second-order valence-corrected chi connectivity index (χ2v) is 6.67. The minimum absolute atomic E-state index is 0.680. The van der Waals surface area contributed by atoms with E-state index in [0.717, 1.165) is 35.1 Å². The van der Waals surface area contributed by atoms with E-state index in [4.69, 9.17) is 4.74 Å². The molecular weight excluding hydrogens is 346 g/mol. The Hall–Kier alpha value is -3.40. The van der Waals surface area contributed by atoms with E-state index in [1.807, 2.05) is 37.3 Å². The van der Waals surface area contributed by atoms with E-state index in [1.165, 1.54) is 11.1 Å². The number of aromatic nitrogens is 3. The van der Waals surface area contributed by atoms with Gasteiger partial charge in [-0.05, 0) is 36.6 Å². The lowest BCUT2D eigenvalue weighted by atomic mass is 10.0. The normalized spacial score (nSPS) is 10.8. The molecule has 3 aromatic carbocycles. The fraction of sp³-hybridized carbons (Fsp3) is 0.167. The van der Waals surface area contributed by atoms with E-state index >= 15 is 0 Å². The molecule has 0 saturated heterocycles. The minimum Gasteiger partial charge on any atom is -0.491 e. The van der Waals surface area contributed by atoms with Crippen LogP contribution in [0.5, 0.6) is 5.75 Å². The van der Waals surface area contributed by atoms with Crippen molar-refractivity contribution in [2.24, 2.45) is 0 Å². The van der Waals surface area contributed by atoms with E-state index in [1.54, 1.807) is 0 Å². The van der Waals surface area contributed by atoms with E-state index in [9.17, 15) is 0 Å². The molecule has 0 aliphatic heterocycles. The van der Waals surface area contributed by atoms with Crippen molar-refractivity contribution >= 4 is 0 Å². The zero-order chi connectivity index (χ0) is 19.3. The van der Waals surface area contributed by atoms with Gasteiger partial charge in [0.05, 0.1) is 12.3 Å². The van der Waals surface area contributed by atoms with Gasteiger partial charge in [0.1, 0.15) is 11.6 Å². The maximum absolute atomic E-state index is 5.96. The predicted octanol–water partition coefficient (Wildman–Crippen LogP) is 5.70. The lowest BCUT2D eigenvalue weighted by Crippen LogP contribution is -2.04. The molecule has 0 radical (unpaired) electrons. The Kier molecular flexibility index (Phi) is 5.20. The lowest BCUT2D eigenvalue weighted by Gasteiger charge is -2.14. The first-order chi connectivity index (χ1) is 13.8. The summed E-state index contributed by atoms with van der Waals surface area (Å²) in [7, 11) is 0. The summed E-state index contributed by atoms with van der Waals surface area (Å²) in [5, 5.41) is 8.77. The molecule has 4 aromatic rings. The molecule has 0 saturated carbocycles. The first-order valence-corrected chi connectivity index (χ1v) is 9.58. The highest BCUT2D eigenvalue weighted by Crippen LogP contribution is 2.30. The fourth-order valence-electron chi connectivity index (χ4n) is 3.26. The van der Waals surface area contributed by atoms with Crippen LogP contribution in [-0.4, -0.2) is 21.4 Å². The molecule has 0 atom stereocenters. The molecule has 0 spiro atoms. The zero-order valence-electron chi connectivity index (χ0n) is 16.2. The van der Waals surface area contributed by atoms with Crippen LogP contribution in [0.15, 0.2) is 78.9 Å². The molecule has 140 valence electrons. The number of hydrogen-bond donors (Lipinski definition) is 0. The molecule has 4 heteroatoms. The third kappa shape index (κ3) is 3.54. The van der Waals surface area contributed by atoms with Crippen LogP contribution < -0.4 is 4.74 Å². The summed E-state index contributed by atoms with van der Waals surface area (Å²) in [4.78, 5) is 0. The van der Waals surface area contributed by atoms with Crippen LogP contribution in [0.1, 0.15) is 19.2 Å². The molecule has 0 bridgehead atoms. The first kappa shape index (κ1) is 18.0. The molecule has 0 unspecified atom stereocenters. The molecule has 1 heterocycles. The molecular formula is C24H23N3O. The minimum atomic E-state index is 0.680. The summed E-state index contributed by atoms with van der Waals surface area (Å²) < 4.78 is 8.01. The Morgan fingerprint density at radius 2 is 1.39 bits per heavy atom. The van der Waals surface area contributed by atoms with Crippen LogP contribution in [0.25, 0.3) is 28.2 Å². The highest BCUT2D eigenvalue weighted by Gasteiger charge is 2.16. The third-order valence-corrected chi connectivity index (χ3v) is 4.64. The SMILES string of the molecule is CCCOc1ccccc1-n1c(C)nnc1-c1ccc(-c2ccccc2)cc1. The quantitative estimate of drug-likeness (QED) is 0.438. The largest absolute Gasteiger partial charge is 0.491 e. The summed E-state index contributed by atoms with van der Waals surface area (Å²) in [5.41, 5.74) is 4.36. The summed E-state index contributed by atoms with van der Waals surface area (Å²) in [5.74, 6) is 2.48. The van der Waals surface area contributed by atoms with Gasteiger partial charge in [0.15, 0.2) is 5.82 Å². The monoisotopic (exact) mass is 369 g/mol. The van der Waals surface area contributed by atoms with Crippen LogP contribution in [0.2, 0.25) is 0 Å². The number of ether oxygens (including phenoxy) is 1. The molecule has 0 amide bonds. The van der Waals surface area contributed by atoms with Gasteiger partial charge in [0.25, 0.3) is 0 Å². The summed E-state index contributed by atoms with van der Waals surface area (Å²) in [6, 6.07) is 26.8. The molecule has 4 nitrogen and oxygen atoms in total. The van der Waals surface area contributed by atoms with E-state index in [2.05, 4.69) is 70.2 Å². The predicted molar refractivity (Wildman–Crippen MR) is 113 cm³/mol. The number of rotatable bonds is 6. The molecule has 0 fully saturated rings. The highest BCUT2D eigenvalue weighted by atomic mass is 16.5. The van der Waals surface area contributed by atoms with Crippen molar-refractivity contribution in [1.29, 1.82) is 0 Å². The van der Waals surface area contributed by atoms with Gasteiger partial charge in [-0.3, -0.25) is 4.57 Å². The van der Waals surface area contributed by atoms with Crippen LogP contribution in [0.4, 0.5) is 0 Å². The zero-order valence-corrected chi connectivity index (χ0v) is 16.2. The van der Waals surface area contributed by atoms with Gasteiger partial charge in [-0.25, -0.2) is 0 Å². The van der Waals surface area contributed by atoms with Crippen LogP contribution in [-0.2, 0) is 0 Å². The maximum Gasteiger partial charge on any atom is 0.168 e. The van der Waals surface area contributed by atoms with Crippen molar-refractivity contribution in [3.8, 4) is 34.0 Å². The third-order valence-electron chi connectivity index (χ3n) is 4.64. The lowest BCUT2D eigenvalue weighted by molar-refractivity contribution is 0.316. The number of nitrogens with zero attached hydrogens (tertiary/aromatic N) is 3. The second-order valence-electron chi connectivity index (χ2n) is 6.67. The standard InChI is InChI=1S/C24H23N3O/c1-3-17-28-23-12-8-7-11-22(23)27-18(2)25-26-24(27)21-15-13-20(14-16-21)19-9-5-4-6-10-19/h4-16H,3,17H2,1-2H3. The fourth-order valence-corrected chi connectivity index (χ4v) is 3.26. The Labute approximate surface area is 165 Å². The van der Waals surface area contributed by atoms with Gasteiger partial charge in [0, 0.05) is 5.56 Å². The molecule has 28 heavy (non-hydrogen) atoms. The van der Waals surface area contributed by atoms with E-state index in [0.29, 0.717) is 6.61 Å². The van der Waals surface area contributed by atoms with Crippen molar-refractivity contribution in [1.82, 2.24) is 14.8 Å². The highest BCUT2D eigenvalue weighted by molar-refractivity contribution is 5.69. The number of aryl methyl sites for hydroxylation is 1. The summed E-state index contributed by atoms with van der Waals surface area (Å²) in [6.45, 7) is 4.75. The van der Waals surface area contributed by atoms with Gasteiger partial charge in [-0.2, -0.15) is 0 Å². The van der Waals surface area contributed by atoms with Crippen molar-refractivity contribution in [3.63, 3.8) is 0 Å². The van der Waals surface area contributed by atoms with Gasteiger partial charge >= 0.3 is 0 Å². The van der Waals surface area contributed by atoms with Crippen molar-refractivity contribution in [2.45, 2.75) is 20.3 Å². The molecule has 0 N–H and O–H groups in total.